The molecule has 0 rings (SSSR count). The van der Waals surface area contributed by atoms with Crippen LogP contribution in [0.25, 0.3) is 0 Å². The molecule has 0 aliphatic rings. The van der Waals surface area contributed by atoms with Gasteiger partial charge in [0.2, 0.25) is 0 Å². The van der Waals surface area contributed by atoms with Crippen molar-refractivity contribution in [2.45, 2.75) is 43.9 Å². The van der Waals surface area contributed by atoms with Crippen molar-refractivity contribution >= 4 is 11.8 Å². The number of rotatable bonds is 9. The number of carbonyl (C=O) groups is 2. The summed E-state index contributed by atoms with van der Waals surface area (Å²) < 4.78 is 0. The Labute approximate surface area is 111 Å². The molecule has 2 unspecified atom stereocenters. The lowest BCUT2D eigenvalue weighted by Crippen LogP contribution is -2.63. The molecule has 3 atom stereocenters. The van der Waals surface area contributed by atoms with Crippen LogP contribution in [0.3, 0.4) is 0 Å². The third kappa shape index (κ3) is 5.07. The summed E-state index contributed by atoms with van der Waals surface area (Å²) in [5.74, 6) is -1.58. The molecule has 0 saturated carbocycles. The lowest BCUT2D eigenvalue weighted by atomic mass is 9.89. The third-order valence-corrected chi connectivity index (χ3v) is 2.84. The molecule has 0 aromatic carbocycles. The van der Waals surface area contributed by atoms with E-state index in [-0.39, 0.29) is 18.6 Å². The number of carbonyl (C=O) groups excluding carboxylic acids is 1. The number of carboxylic acids is 1. The highest BCUT2D eigenvalue weighted by molar-refractivity contribution is 5.80. The number of aliphatic hydroxyl groups excluding tert-OH is 3. The van der Waals surface area contributed by atoms with E-state index in [0.717, 1.165) is 0 Å². The smallest absolute Gasteiger partial charge is 0.328 e. The van der Waals surface area contributed by atoms with E-state index in [2.05, 4.69) is 0 Å². The van der Waals surface area contributed by atoms with Crippen LogP contribution in [0.2, 0.25) is 0 Å². The van der Waals surface area contributed by atoms with Crippen LogP contribution in [0.15, 0.2) is 12.2 Å². The van der Waals surface area contributed by atoms with Gasteiger partial charge in [0, 0.05) is 12.8 Å². The zero-order valence-electron chi connectivity index (χ0n) is 10.8. The first-order valence-corrected chi connectivity index (χ1v) is 5.95. The molecule has 19 heavy (non-hydrogen) atoms. The van der Waals surface area contributed by atoms with E-state index in [1.54, 1.807) is 6.92 Å². The normalized spacial score (nSPS) is 17.9. The molecule has 7 heteroatoms. The number of carboxylic acid groups (broad SMARTS) is 1. The van der Waals surface area contributed by atoms with Crippen molar-refractivity contribution in [3.63, 3.8) is 0 Å². The van der Waals surface area contributed by atoms with E-state index in [4.69, 9.17) is 15.9 Å². The largest absolute Gasteiger partial charge is 0.480 e. The Morgan fingerprint density at radius 1 is 1.32 bits per heavy atom. The molecule has 110 valence electrons. The maximum atomic E-state index is 11.0. The predicted octanol–water partition coefficient (Wildman–Crippen LogP) is -1.20. The van der Waals surface area contributed by atoms with Crippen LogP contribution in [-0.2, 0) is 9.59 Å². The van der Waals surface area contributed by atoms with Gasteiger partial charge in [-0.15, -0.1) is 0 Å². The minimum absolute atomic E-state index is 0.0281. The molecule has 0 saturated heterocycles. The monoisotopic (exact) mass is 275 g/mol. The Morgan fingerprint density at radius 2 is 1.89 bits per heavy atom. The Bertz CT molecular complexity index is 343. The first kappa shape index (κ1) is 17.7. The minimum Gasteiger partial charge on any atom is -0.480 e. The highest BCUT2D eigenvalue weighted by Gasteiger charge is 2.44. The summed E-state index contributed by atoms with van der Waals surface area (Å²) in [6, 6.07) is 0. The number of hydrogen-bond donors (Lipinski definition) is 5. The van der Waals surface area contributed by atoms with Gasteiger partial charge in [-0.3, -0.25) is 9.59 Å². The Kier molecular flexibility index (Phi) is 7.47. The summed E-state index contributed by atoms with van der Waals surface area (Å²) in [7, 11) is 0. The summed E-state index contributed by atoms with van der Waals surface area (Å²) in [6.45, 7) is 0.726. The summed E-state index contributed by atoms with van der Waals surface area (Å²) in [6.07, 6.45) is 0.282. The van der Waals surface area contributed by atoms with Crippen molar-refractivity contribution in [1.82, 2.24) is 0 Å². The van der Waals surface area contributed by atoms with Crippen molar-refractivity contribution in [2.75, 3.05) is 6.61 Å². The van der Waals surface area contributed by atoms with E-state index < -0.39 is 30.3 Å². The lowest BCUT2D eigenvalue weighted by Gasteiger charge is -2.30. The van der Waals surface area contributed by atoms with Crippen LogP contribution in [0.5, 0.6) is 0 Å². The van der Waals surface area contributed by atoms with Crippen molar-refractivity contribution in [3.8, 4) is 0 Å². The van der Waals surface area contributed by atoms with Gasteiger partial charge in [-0.2, -0.15) is 0 Å². The highest BCUT2D eigenvalue weighted by atomic mass is 16.4. The topological polar surface area (TPSA) is 141 Å². The van der Waals surface area contributed by atoms with Crippen LogP contribution in [0, 0.1) is 0 Å². The van der Waals surface area contributed by atoms with Crippen LogP contribution in [0.1, 0.15) is 26.2 Å². The summed E-state index contributed by atoms with van der Waals surface area (Å²) in [5.41, 5.74) is 3.01. The molecule has 0 amide bonds. The third-order valence-electron chi connectivity index (χ3n) is 2.84. The van der Waals surface area contributed by atoms with E-state index in [0.29, 0.717) is 6.42 Å². The molecule has 0 aliphatic carbocycles. The Morgan fingerprint density at radius 3 is 2.32 bits per heavy atom. The second-order valence-electron chi connectivity index (χ2n) is 4.32. The fourth-order valence-corrected chi connectivity index (χ4v) is 1.35. The van der Waals surface area contributed by atoms with E-state index in [9.17, 15) is 19.8 Å². The first-order chi connectivity index (χ1) is 8.79. The summed E-state index contributed by atoms with van der Waals surface area (Å²) in [4.78, 5) is 21.8. The molecule has 0 aromatic heterocycles. The number of aliphatic hydroxyl groups is 3. The van der Waals surface area contributed by atoms with Crippen LogP contribution >= 0.6 is 0 Å². The molecule has 0 aromatic rings. The maximum Gasteiger partial charge on any atom is 0.328 e. The number of ketones is 1. The molecule has 7 nitrogen and oxygen atoms in total. The number of hydrogen-bond acceptors (Lipinski definition) is 6. The average molecular weight is 275 g/mol. The second kappa shape index (κ2) is 8.00. The number of aliphatic carboxylic acids is 1. The average Bonchev–Trinajstić information content (AvgIpc) is 2.40. The van der Waals surface area contributed by atoms with Crippen LogP contribution < -0.4 is 5.73 Å². The fraction of sp³-hybridized carbons (Fsp3) is 0.667. The van der Waals surface area contributed by atoms with Gasteiger partial charge in [-0.05, 0) is 6.42 Å². The number of Topliss-reactive ketones (excluding diaryl/α,β-unsaturated/α-hetero) is 1. The van der Waals surface area contributed by atoms with Gasteiger partial charge in [0.05, 0.1) is 12.7 Å². The fourth-order valence-electron chi connectivity index (χ4n) is 1.35. The molecular weight excluding hydrogens is 254 g/mol. The van der Waals surface area contributed by atoms with Gasteiger partial charge in [0.15, 0.2) is 5.54 Å². The molecule has 6 N–H and O–H groups in total. The molecule has 0 radical (unpaired) electrons. The van der Waals surface area contributed by atoms with Gasteiger partial charge < -0.3 is 26.2 Å². The number of allylic oxidation sites excluding steroid dienone is 1. The predicted molar refractivity (Wildman–Crippen MR) is 67.3 cm³/mol. The molecule has 0 fully saturated rings. The second-order valence-corrected chi connectivity index (χ2v) is 4.32. The standard InChI is InChI=1S/C12H21NO6/c1-2-8(15)5-3-4-6-9(16)10(17)12(13,7-14)11(18)19/h3-4,9-10,14,16-17H,2,5-7,13H2,1H3,(H,18,19)/b4-3+/t9?,10-,12?/m1/s1. The van der Waals surface area contributed by atoms with Gasteiger partial charge in [-0.25, -0.2) is 0 Å². The van der Waals surface area contributed by atoms with Crippen LogP contribution in [0.4, 0.5) is 0 Å². The molecule has 0 bridgehead atoms. The van der Waals surface area contributed by atoms with Crippen molar-refractivity contribution in [1.29, 1.82) is 0 Å². The van der Waals surface area contributed by atoms with Crippen molar-refractivity contribution < 1.29 is 30.0 Å². The van der Waals surface area contributed by atoms with E-state index in [1.165, 1.54) is 12.2 Å². The zero-order valence-corrected chi connectivity index (χ0v) is 10.8. The van der Waals surface area contributed by atoms with Crippen molar-refractivity contribution in [2.24, 2.45) is 5.73 Å². The SMILES string of the molecule is CCC(=O)C/C=C/CC(O)[C@@H](O)C(N)(CO)C(=O)O. The molecule has 0 aliphatic heterocycles. The summed E-state index contributed by atoms with van der Waals surface area (Å²) in [5, 5.41) is 37.0. The van der Waals surface area contributed by atoms with Gasteiger partial charge in [-0.1, -0.05) is 19.1 Å². The zero-order chi connectivity index (χ0) is 15.1. The number of nitrogens with two attached hydrogens (primary N) is 1. The van der Waals surface area contributed by atoms with Gasteiger partial charge in [0.1, 0.15) is 11.9 Å². The Hall–Kier alpha value is -1.28. The lowest BCUT2D eigenvalue weighted by molar-refractivity contribution is -0.154. The molecule has 0 heterocycles. The Balaban J connectivity index is 4.45. The highest BCUT2D eigenvalue weighted by Crippen LogP contribution is 2.14. The van der Waals surface area contributed by atoms with Crippen LogP contribution in [-0.4, -0.2) is 56.5 Å². The van der Waals surface area contributed by atoms with Gasteiger partial charge >= 0.3 is 5.97 Å². The van der Waals surface area contributed by atoms with E-state index in [1.807, 2.05) is 0 Å². The quantitative estimate of drug-likeness (QED) is 0.333. The molecular formula is C12H21NO6. The molecule has 0 spiro atoms. The van der Waals surface area contributed by atoms with Gasteiger partial charge in [0.25, 0.3) is 0 Å². The van der Waals surface area contributed by atoms with E-state index >= 15 is 0 Å². The first-order valence-electron chi connectivity index (χ1n) is 5.95. The van der Waals surface area contributed by atoms with Crippen molar-refractivity contribution in [3.05, 3.63) is 12.2 Å². The maximum absolute atomic E-state index is 11.0. The summed E-state index contributed by atoms with van der Waals surface area (Å²) >= 11 is 0. The minimum atomic E-state index is -2.31.